The number of nitrogens with zero attached hydrogens (tertiary/aromatic N) is 4. The quantitative estimate of drug-likeness (QED) is 0.692. The first kappa shape index (κ1) is 23.8. The normalized spacial score (nSPS) is 19.7. The first-order valence-corrected chi connectivity index (χ1v) is 12.8. The Morgan fingerprint density at radius 2 is 1.63 bits per heavy atom. The molecule has 1 atom stereocenters. The van der Waals surface area contributed by atoms with Gasteiger partial charge in [0.1, 0.15) is 0 Å². The van der Waals surface area contributed by atoms with Crippen LogP contribution in [0, 0.1) is 0 Å². The molecule has 2 amide bonds. The number of anilines is 1. The molecule has 0 spiro atoms. The Kier molecular flexibility index (Phi) is 6.80. The number of hydrogen-bond donors (Lipinski definition) is 1. The van der Waals surface area contributed by atoms with Gasteiger partial charge in [0.05, 0.1) is 12.6 Å². The summed E-state index contributed by atoms with van der Waals surface area (Å²) >= 11 is 0. The van der Waals surface area contributed by atoms with Crippen molar-refractivity contribution in [1.82, 2.24) is 14.7 Å². The van der Waals surface area contributed by atoms with Gasteiger partial charge in [-0.3, -0.25) is 14.5 Å². The van der Waals surface area contributed by atoms with Crippen LogP contribution < -0.4 is 4.90 Å². The van der Waals surface area contributed by atoms with Gasteiger partial charge in [0.15, 0.2) is 0 Å². The van der Waals surface area contributed by atoms with Gasteiger partial charge >= 0.3 is 0 Å². The van der Waals surface area contributed by atoms with Crippen LogP contribution in [0.25, 0.3) is 0 Å². The second-order valence-electron chi connectivity index (χ2n) is 10.4. The number of amides is 2. The summed E-state index contributed by atoms with van der Waals surface area (Å²) in [6.45, 7) is 9.31. The Morgan fingerprint density at radius 3 is 2.40 bits per heavy atom. The lowest BCUT2D eigenvalue weighted by molar-refractivity contribution is -0.132. The summed E-state index contributed by atoms with van der Waals surface area (Å²) in [5.41, 5.74) is 5.48. The third kappa shape index (κ3) is 5.07. The van der Waals surface area contributed by atoms with Gasteiger partial charge in [0, 0.05) is 63.1 Å². The van der Waals surface area contributed by atoms with Gasteiger partial charge in [0.2, 0.25) is 5.91 Å². The van der Waals surface area contributed by atoms with Crippen molar-refractivity contribution >= 4 is 17.5 Å². The van der Waals surface area contributed by atoms with Crippen LogP contribution >= 0.6 is 0 Å². The van der Waals surface area contributed by atoms with Crippen LogP contribution in [0.3, 0.4) is 0 Å². The molecule has 1 fully saturated rings. The maximum absolute atomic E-state index is 13.2. The predicted octanol–water partition coefficient (Wildman–Crippen LogP) is 2.16. The number of benzene rings is 2. The summed E-state index contributed by atoms with van der Waals surface area (Å²) in [6, 6.07) is 14.6. The zero-order valence-electron chi connectivity index (χ0n) is 20.8. The molecule has 2 aromatic rings. The number of fused-ring (bicyclic) bond motifs is 2. The number of rotatable bonds is 6. The maximum Gasteiger partial charge on any atom is 0.254 e. The lowest BCUT2D eigenvalue weighted by Gasteiger charge is -2.38. The van der Waals surface area contributed by atoms with E-state index in [0.717, 1.165) is 50.3 Å². The van der Waals surface area contributed by atoms with E-state index in [0.29, 0.717) is 31.7 Å². The van der Waals surface area contributed by atoms with E-state index in [1.807, 2.05) is 30.9 Å². The largest absolute Gasteiger partial charge is 0.390 e. The van der Waals surface area contributed by atoms with Crippen LogP contribution in [0.1, 0.15) is 40.9 Å². The topological polar surface area (TPSA) is 67.3 Å². The van der Waals surface area contributed by atoms with Crippen molar-refractivity contribution in [3.63, 3.8) is 0 Å². The summed E-state index contributed by atoms with van der Waals surface area (Å²) in [6.07, 6.45) is 1.19. The van der Waals surface area contributed by atoms with Crippen molar-refractivity contribution in [3.05, 3.63) is 64.7 Å². The van der Waals surface area contributed by atoms with Gasteiger partial charge in [-0.25, -0.2) is 0 Å². The predicted molar refractivity (Wildman–Crippen MR) is 137 cm³/mol. The van der Waals surface area contributed by atoms with Crippen molar-refractivity contribution in [2.45, 2.75) is 45.4 Å². The highest BCUT2D eigenvalue weighted by Crippen LogP contribution is 2.26. The Labute approximate surface area is 207 Å². The van der Waals surface area contributed by atoms with Crippen molar-refractivity contribution in [2.75, 3.05) is 50.7 Å². The molecule has 3 aliphatic heterocycles. The zero-order chi connectivity index (χ0) is 24.5. The highest BCUT2D eigenvalue weighted by Gasteiger charge is 2.30. The van der Waals surface area contributed by atoms with E-state index >= 15 is 0 Å². The van der Waals surface area contributed by atoms with Crippen LogP contribution in [-0.2, 0) is 24.2 Å². The van der Waals surface area contributed by atoms with E-state index in [1.165, 1.54) is 11.1 Å². The summed E-state index contributed by atoms with van der Waals surface area (Å²) < 4.78 is 0. The molecule has 35 heavy (non-hydrogen) atoms. The second-order valence-corrected chi connectivity index (χ2v) is 10.4. The third-order valence-corrected chi connectivity index (χ3v) is 7.61. The fourth-order valence-electron chi connectivity index (χ4n) is 5.67. The fourth-order valence-corrected chi connectivity index (χ4v) is 5.67. The molecule has 7 nitrogen and oxygen atoms in total. The highest BCUT2D eigenvalue weighted by atomic mass is 16.3. The SMILES string of the molecule is CC(C)N1CCN(c2ccc3c(c2)CCN(CC(O)CN2CCc4ccccc4C2)C3=O)CC1=O. The molecule has 1 saturated heterocycles. The molecular weight excluding hydrogens is 440 g/mol. The van der Waals surface area contributed by atoms with Crippen molar-refractivity contribution in [1.29, 1.82) is 0 Å². The molecule has 0 aromatic heterocycles. The molecule has 5 rings (SSSR count). The van der Waals surface area contributed by atoms with Crippen LogP contribution in [0.15, 0.2) is 42.5 Å². The summed E-state index contributed by atoms with van der Waals surface area (Å²) in [5.74, 6) is 0.138. The van der Waals surface area contributed by atoms with Crippen LogP contribution in [-0.4, -0.2) is 89.6 Å². The number of hydrogen-bond acceptors (Lipinski definition) is 5. The molecular formula is C28H36N4O3. The molecule has 1 N–H and O–H groups in total. The van der Waals surface area contributed by atoms with E-state index in [1.54, 1.807) is 4.90 Å². The van der Waals surface area contributed by atoms with E-state index in [9.17, 15) is 14.7 Å². The Hall–Kier alpha value is -2.90. The van der Waals surface area contributed by atoms with Crippen LogP contribution in [0.5, 0.6) is 0 Å². The van der Waals surface area contributed by atoms with E-state index in [2.05, 4.69) is 40.1 Å². The number of carbonyl (C=O) groups is 2. The standard InChI is InChI=1S/C28H36N4O3/c1-20(2)32-14-13-30(19-27(32)34)24-7-8-26-22(15-24)10-12-31(28(26)35)18-25(33)17-29-11-9-21-5-3-4-6-23(21)16-29/h3-8,15,20,25,33H,9-14,16-19H2,1-2H3. The van der Waals surface area contributed by atoms with Crippen molar-refractivity contribution < 1.29 is 14.7 Å². The van der Waals surface area contributed by atoms with E-state index in [4.69, 9.17) is 0 Å². The maximum atomic E-state index is 13.2. The Bertz CT molecular complexity index is 1100. The molecule has 2 aromatic carbocycles. The molecule has 1 unspecified atom stereocenters. The summed E-state index contributed by atoms with van der Waals surface area (Å²) in [4.78, 5) is 33.8. The highest BCUT2D eigenvalue weighted by molar-refractivity contribution is 5.97. The Morgan fingerprint density at radius 1 is 0.857 bits per heavy atom. The average Bonchev–Trinajstić information content (AvgIpc) is 2.85. The van der Waals surface area contributed by atoms with Crippen molar-refractivity contribution in [3.8, 4) is 0 Å². The Balaban J connectivity index is 1.18. The molecule has 0 bridgehead atoms. The van der Waals surface area contributed by atoms with Gasteiger partial charge in [-0.05, 0) is 61.6 Å². The average molecular weight is 477 g/mol. The first-order chi connectivity index (χ1) is 16.9. The monoisotopic (exact) mass is 476 g/mol. The molecule has 0 aliphatic carbocycles. The number of piperazine rings is 1. The molecule has 186 valence electrons. The lowest BCUT2D eigenvalue weighted by atomic mass is 9.97. The molecule has 0 saturated carbocycles. The minimum atomic E-state index is -0.576. The number of aliphatic hydroxyl groups excluding tert-OH is 1. The van der Waals surface area contributed by atoms with Crippen molar-refractivity contribution in [2.24, 2.45) is 0 Å². The molecule has 0 radical (unpaired) electrons. The van der Waals surface area contributed by atoms with Gasteiger partial charge in [-0.1, -0.05) is 24.3 Å². The first-order valence-electron chi connectivity index (χ1n) is 12.8. The molecule has 3 aliphatic rings. The molecule has 7 heteroatoms. The second kappa shape index (κ2) is 9.99. The lowest BCUT2D eigenvalue weighted by Crippen LogP contribution is -2.52. The van der Waals surface area contributed by atoms with Crippen LogP contribution in [0.4, 0.5) is 5.69 Å². The summed E-state index contributed by atoms with van der Waals surface area (Å²) in [5, 5.41) is 10.8. The van der Waals surface area contributed by atoms with Gasteiger partial charge in [0.25, 0.3) is 5.91 Å². The smallest absolute Gasteiger partial charge is 0.254 e. The van der Waals surface area contributed by atoms with Gasteiger partial charge in [-0.2, -0.15) is 0 Å². The summed E-state index contributed by atoms with van der Waals surface area (Å²) in [7, 11) is 0. The molecule has 3 heterocycles. The number of aliphatic hydroxyl groups is 1. The zero-order valence-corrected chi connectivity index (χ0v) is 20.8. The van der Waals surface area contributed by atoms with Crippen LogP contribution in [0.2, 0.25) is 0 Å². The number of β-amino-alcohol motifs (C(OH)–C–C–N with tert-alkyl or cyclic N) is 1. The minimum Gasteiger partial charge on any atom is -0.390 e. The van der Waals surface area contributed by atoms with E-state index < -0.39 is 6.10 Å². The minimum absolute atomic E-state index is 0.0125. The van der Waals surface area contributed by atoms with Gasteiger partial charge < -0.3 is 19.8 Å². The van der Waals surface area contributed by atoms with E-state index in [-0.39, 0.29) is 17.9 Å². The third-order valence-electron chi connectivity index (χ3n) is 7.61. The number of carbonyl (C=O) groups excluding carboxylic acids is 2. The van der Waals surface area contributed by atoms with Gasteiger partial charge in [-0.15, -0.1) is 0 Å². The fraction of sp³-hybridized carbons (Fsp3) is 0.500.